The zero-order valence-corrected chi connectivity index (χ0v) is 11.4. The van der Waals surface area contributed by atoms with Gasteiger partial charge < -0.3 is 16.0 Å². The lowest BCUT2D eigenvalue weighted by Gasteiger charge is -2.17. The molecule has 100 valence electrons. The van der Waals surface area contributed by atoms with E-state index in [2.05, 4.69) is 31.0 Å². The third kappa shape index (κ3) is 5.04. The van der Waals surface area contributed by atoms with Crippen LogP contribution in [-0.4, -0.2) is 43.0 Å². The highest BCUT2D eigenvalue weighted by Crippen LogP contribution is 2.14. The normalized spacial score (nSPS) is 23.0. The minimum absolute atomic E-state index is 0.00801. The van der Waals surface area contributed by atoms with E-state index in [9.17, 15) is 4.79 Å². The first-order chi connectivity index (χ1) is 8.02. The Kier molecular flexibility index (Phi) is 5.92. The van der Waals surface area contributed by atoms with E-state index in [1.54, 1.807) is 0 Å². The lowest BCUT2D eigenvalue weighted by atomic mass is 10.0. The van der Waals surface area contributed by atoms with Gasteiger partial charge in [-0.1, -0.05) is 20.8 Å². The average molecular weight is 241 g/mol. The highest BCUT2D eigenvalue weighted by Gasteiger charge is 2.22. The van der Waals surface area contributed by atoms with Gasteiger partial charge in [0.15, 0.2) is 0 Å². The quantitative estimate of drug-likeness (QED) is 0.724. The molecule has 1 heterocycles. The lowest BCUT2D eigenvalue weighted by Crippen LogP contribution is -2.43. The maximum absolute atomic E-state index is 11.7. The van der Waals surface area contributed by atoms with Gasteiger partial charge in [0.2, 0.25) is 5.91 Å². The molecule has 1 rings (SSSR count). The van der Waals surface area contributed by atoms with Crippen molar-refractivity contribution in [2.45, 2.75) is 39.7 Å². The molecule has 2 unspecified atom stereocenters. The van der Waals surface area contributed by atoms with Crippen LogP contribution in [0.4, 0.5) is 0 Å². The number of carbonyl (C=O) groups excluding carboxylic acids is 1. The highest BCUT2D eigenvalue weighted by molar-refractivity contribution is 5.81. The Morgan fingerprint density at radius 1 is 1.53 bits per heavy atom. The van der Waals surface area contributed by atoms with E-state index in [1.807, 2.05) is 0 Å². The van der Waals surface area contributed by atoms with Gasteiger partial charge in [-0.2, -0.15) is 0 Å². The summed E-state index contributed by atoms with van der Waals surface area (Å²) in [6, 6.07) is -0.348. The summed E-state index contributed by atoms with van der Waals surface area (Å²) < 4.78 is 0. The molecule has 1 saturated heterocycles. The molecule has 0 spiro atoms. The Balaban J connectivity index is 2.20. The largest absolute Gasteiger partial charge is 0.354 e. The van der Waals surface area contributed by atoms with Crippen molar-refractivity contribution in [2.75, 3.05) is 26.2 Å². The first-order valence-corrected chi connectivity index (χ1v) is 6.78. The van der Waals surface area contributed by atoms with Crippen LogP contribution in [-0.2, 0) is 4.79 Å². The Morgan fingerprint density at radius 3 is 2.76 bits per heavy atom. The summed E-state index contributed by atoms with van der Waals surface area (Å²) >= 11 is 0. The molecule has 0 aromatic heterocycles. The fourth-order valence-corrected chi connectivity index (χ4v) is 2.36. The number of nitrogens with one attached hydrogen (secondary N) is 1. The van der Waals surface area contributed by atoms with Crippen LogP contribution < -0.4 is 11.1 Å². The van der Waals surface area contributed by atoms with Gasteiger partial charge in [-0.15, -0.1) is 0 Å². The third-order valence-electron chi connectivity index (χ3n) is 3.44. The lowest BCUT2D eigenvalue weighted by molar-refractivity contribution is -0.122. The van der Waals surface area contributed by atoms with Gasteiger partial charge in [0.05, 0.1) is 6.04 Å². The van der Waals surface area contributed by atoms with Crippen LogP contribution in [0.25, 0.3) is 0 Å². The minimum Gasteiger partial charge on any atom is -0.354 e. The molecule has 4 nitrogen and oxygen atoms in total. The summed E-state index contributed by atoms with van der Waals surface area (Å²) in [7, 11) is 0. The summed E-state index contributed by atoms with van der Waals surface area (Å²) in [4.78, 5) is 14.2. The van der Waals surface area contributed by atoms with Crippen LogP contribution in [0.3, 0.4) is 0 Å². The second kappa shape index (κ2) is 6.97. The van der Waals surface area contributed by atoms with E-state index in [4.69, 9.17) is 5.73 Å². The zero-order chi connectivity index (χ0) is 12.8. The summed E-state index contributed by atoms with van der Waals surface area (Å²) in [6.45, 7) is 10.5. The Bertz CT molecular complexity index is 243. The Labute approximate surface area is 105 Å². The predicted molar refractivity (Wildman–Crippen MR) is 70.7 cm³/mol. The van der Waals surface area contributed by atoms with E-state index < -0.39 is 0 Å². The van der Waals surface area contributed by atoms with Crippen LogP contribution in [0.15, 0.2) is 0 Å². The Morgan fingerprint density at radius 2 is 2.24 bits per heavy atom. The average Bonchev–Trinajstić information content (AvgIpc) is 2.72. The number of carbonyl (C=O) groups is 1. The van der Waals surface area contributed by atoms with Gasteiger partial charge in [-0.05, 0) is 37.8 Å². The van der Waals surface area contributed by atoms with Crippen molar-refractivity contribution in [2.24, 2.45) is 17.6 Å². The van der Waals surface area contributed by atoms with Crippen molar-refractivity contribution in [3.05, 3.63) is 0 Å². The van der Waals surface area contributed by atoms with Crippen molar-refractivity contribution in [3.63, 3.8) is 0 Å². The molecule has 0 aromatic rings. The number of nitrogens with zero attached hydrogens (tertiary/aromatic N) is 1. The standard InChI is InChI=1S/C13H27N3O/c1-4-16-6-5-11(9-16)8-15-13(17)12(14)7-10(2)3/h10-12H,4-9,14H2,1-3H3,(H,15,17). The van der Waals surface area contributed by atoms with Gasteiger partial charge in [-0.3, -0.25) is 4.79 Å². The molecule has 0 aliphatic carbocycles. The van der Waals surface area contributed by atoms with E-state index in [0.717, 1.165) is 32.6 Å². The number of rotatable bonds is 6. The minimum atomic E-state index is -0.348. The number of nitrogens with two attached hydrogens (primary N) is 1. The van der Waals surface area contributed by atoms with Crippen LogP contribution in [0.1, 0.15) is 33.6 Å². The maximum Gasteiger partial charge on any atom is 0.236 e. The topological polar surface area (TPSA) is 58.4 Å². The van der Waals surface area contributed by atoms with E-state index >= 15 is 0 Å². The van der Waals surface area contributed by atoms with Gasteiger partial charge >= 0.3 is 0 Å². The van der Waals surface area contributed by atoms with Crippen LogP contribution in [0.5, 0.6) is 0 Å². The van der Waals surface area contributed by atoms with Crippen LogP contribution in [0, 0.1) is 11.8 Å². The van der Waals surface area contributed by atoms with Crippen molar-refractivity contribution in [3.8, 4) is 0 Å². The van der Waals surface area contributed by atoms with Gasteiger partial charge in [0.25, 0.3) is 0 Å². The third-order valence-corrected chi connectivity index (χ3v) is 3.44. The zero-order valence-electron chi connectivity index (χ0n) is 11.4. The number of hydrogen-bond donors (Lipinski definition) is 2. The molecule has 0 aromatic carbocycles. The first kappa shape index (κ1) is 14.5. The molecule has 3 N–H and O–H groups in total. The monoisotopic (exact) mass is 241 g/mol. The van der Waals surface area contributed by atoms with Crippen molar-refractivity contribution in [1.29, 1.82) is 0 Å². The van der Waals surface area contributed by atoms with Crippen LogP contribution in [0.2, 0.25) is 0 Å². The molecule has 2 atom stereocenters. The molecular formula is C13H27N3O. The van der Waals surface area contributed by atoms with E-state index in [-0.39, 0.29) is 11.9 Å². The Hall–Kier alpha value is -0.610. The molecule has 0 radical (unpaired) electrons. The molecule has 1 fully saturated rings. The fraction of sp³-hybridized carbons (Fsp3) is 0.923. The van der Waals surface area contributed by atoms with Gasteiger partial charge in [0, 0.05) is 13.1 Å². The molecule has 17 heavy (non-hydrogen) atoms. The van der Waals surface area contributed by atoms with E-state index in [0.29, 0.717) is 11.8 Å². The fourth-order valence-electron chi connectivity index (χ4n) is 2.36. The highest BCUT2D eigenvalue weighted by atomic mass is 16.2. The summed E-state index contributed by atoms with van der Waals surface area (Å²) in [5.74, 6) is 1.08. The molecule has 0 saturated carbocycles. The molecule has 1 aliphatic rings. The smallest absolute Gasteiger partial charge is 0.236 e. The van der Waals surface area contributed by atoms with E-state index in [1.165, 1.54) is 6.42 Å². The molecule has 1 amide bonds. The molecular weight excluding hydrogens is 214 g/mol. The second-order valence-electron chi connectivity index (χ2n) is 5.53. The SMILES string of the molecule is CCN1CCC(CNC(=O)C(N)CC(C)C)C1. The molecule has 0 bridgehead atoms. The van der Waals surface area contributed by atoms with Crippen LogP contribution >= 0.6 is 0 Å². The first-order valence-electron chi connectivity index (χ1n) is 6.78. The number of likely N-dealkylation sites (tertiary alicyclic amines) is 1. The van der Waals surface area contributed by atoms with Crippen molar-refractivity contribution >= 4 is 5.91 Å². The van der Waals surface area contributed by atoms with Crippen molar-refractivity contribution in [1.82, 2.24) is 10.2 Å². The summed E-state index contributed by atoms with van der Waals surface area (Å²) in [5, 5.41) is 2.98. The summed E-state index contributed by atoms with van der Waals surface area (Å²) in [6.07, 6.45) is 1.95. The second-order valence-corrected chi connectivity index (χ2v) is 5.53. The van der Waals surface area contributed by atoms with Crippen molar-refractivity contribution < 1.29 is 4.79 Å². The molecule has 4 heteroatoms. The van der Waals surface area contributed by atoms with Gasteiger partial charge in [-0.25, -0.2) is 0 Å². The maximum atomic E-state index is 11.7. The van der Waals surface area contributed by atoms with Gasteiger partial charge in [0.1, 0.15) is 0 Å². The molecule has 1 aliphatic heterocycles. The predicted octanol–water partition coefficient (Wildman–Crippen LogP) is 0.818. The number of hydrogen-bond acceptors (Lipinski definition) is 3. The number of amides is 1. The summed E-state index contributed by atoms with van der Waals surface area (Å²) in [5.41, 5.74) is 5.83.